The third-order valence-corrected chi connectivity index (χ3v) is 3.21. The third kappa shape index (κ3) is 4.27. The van der Waals surface area contributed by atoms with Crippen LogP contribution < -0.4 is 17.2 Å². The number of hydrogen-bond acceptors (Lipinski definition) is 7. The van der Waals surface area contributed by atoms with Crippen molar-refractivity contribution in [2.45, 2.75) is 31.3 Å². The summed E-state index contributed by atoms with van der Waals surface area (Å²) in [5.74, 6) is 0.172. The van der Waals surface area contributed by atoms with E-state index in [1.54, 1.807) is 12.1 Å². The molecule has 0 aliphatic rings. The van der Waals surface area contributed by atoms with E-state index in [4.69, 9.17) is 21.7 Å². The Balaban J connectivity index is 1.92. The van der Waals surface area contributed by atoms with Gasteiger partial charge < -0.3 is 26.8 Å². The Bertz CT molecular complexity index is 626. The standard InChI is InChI=1S/C14H19N5O3/c15-10(6-3-8-1-4-9(20)5-2-8)13-18-14(22-19-13)11(16)7-12(17)21/h1-2,4-5,10-11,20H,3,6-7,15-16H2,(H2,17,21)/t10-,11-/m0/s1. The first-order chi connectivity index (χ1) is 10.5. The van der Waals surface area contributed by atoms with Crippen LogP contribution in [0.4, 0.5) is 0 Å². The topological polar surface area (TPSA) is 154 Å². The molecule has 2 rings (SSSR count). The lowest BCUT2D eigenvalue weighted by atomic mass is 10.1. The molecule has 0 spiro atoms. The SMILES string of the molecule is NC(=O)C[C@H](N)c1nc([C@@H](N)CCc2ccc(O)cc2)no1. The minimum atomic E-state index is -0.719. The Morgan fingerprint density at radius 3 is 2.55 bits per heavy atom. The number of nitrogens with two attached hydrogens (primary N) is 3. The molecule has 22 heavy (non-hydrogen) atoms. The van der Waals surface area contributed by atoms with Gasteiger partial charge in [0.25, 0.3) is 0 Å². The average Bonchev–Trinajstić information content (AvgIpc) is 2.95. The second-order valence-electron chi connectivity index (χ2n) is 5.08. The van der Waals surface area contributed by atoms with Crippen LogP contribution in [0.25, 0.3) is 0 Å². The molecule has 0 bridgehead atoms. The van der Waals surface area contributed by atoms with Gasteiger partial charge in [0.15, 0.2) is 5.82 Å². The highest BCUT2D eigenvalue weighted by molar-refractivity contribution is 5.74. The molecule has 1 aromatic carbocycles. The molecule has 0 fully saturated rings. The van der Waals surface area contributed by atoms with Gasteiger partial charge in [-0.25, -0.2) is 0 Å². The zero-order valence-corrected chi connectivity index (χ0v) is 12.0. The molecule has 7 N–H and O–H groups in total. The summed E-state index contributed by atoms with van der Waals surface area (Å²) in [5, 5.41) is 13.0. The molecule has 0 aliphatic heterocycles. The van der Waals surface area contributed by atoms with E-state index >= 15 is 0 Å². The van der Waals surface area contributed by atoms with Crippen molar-refractivity contribution < 1.29 is 14.4 Å². The monoisotopic (exact) mass is 305 g/mol. The Hall–Kier alpha value is -2.45. The number of primary amides is 1. The maximum absolute atomic E-state index is 10.8. The van der Waals surface area contributed by atoms with Gasteiger partial charge in [0.1, 0.15) is 5.75 Å². The molecule has 8 heteroatoms. The smallest absolute Gasteiger partial charge is 0.244 e. The van der Waals surface area contributed by atoms with Crippen LogP contribution >= 0.6 is 0 Å². The Kier molecular flexibility index (Phi) is 5.08. The summed E-state index contributed by atoms with van der Waals surface area (Å²) in [6.45, 7) is 0. The molecule has 1 aromatic heterocycles. The van der Waals surface area contributed by atoms with E-state index in [1.165, 1.54) is 0 Å². The zero-order valence-electron chi connectivity index (χ0n) is 12.0. The Morgan fingerprint density at radius 1 is 1.23 bits per heavy atom. The summed E-state index contributed by atoms with van der Waals surface area (Å²) < 4.78 is 5.01. The highest BCUT2D eigenvalue weighted by Crippen LogP contribution is 2.18. The minimum absolute atomic E-state index is 0.0651. The first kappa shape index (κ1) is 15.9. The maximum atomic E-state index is 10.8. The normalized spacial score (nSPS) is 13.7. The average molecular weight is 305 g/mol. The van der Waals surface area contributed by atoms with Crippen molar-refractivity contribution in [2.24, 2.45) is 17.2 Å². The molecular formula is C14H19N5O3. The van der Waals surface area contributed by atoms with Crippen LogP contribution in [-0.2, 0) is 11.2 Å². The van der Waals surface area contributed by atoms with E-state index < -0.39 is 18.0 Å². The Morgan fingerprint density at radius 2 is 1.91 bits per heavy atom. The number of aromatic hydroxyl groups is 1. The van der Waals surface area contributed by atoms with Gasteiger partial charge in [0.05, 0.1) is 18.5 Å². The van der Waals surface area contributed by atoms with Crippen molar-refractivity contribution in [1.29, 1.82) is 0 Å². The number of rotatable bonds is 7. The van der Waals surface area contributed by atoms with Crippen molar-refractivity contribution in [3.8, 4) is 5.75 Å². The molecule has 118 valence electrons. The number of benzene rings is 1. The summed E-state index contributed by atoms with van der Waals surface area (Å²) >= 11 is 0. The second-order valence-corrected chi connectivity index (χ2v) is 5.08. The number of aryl methyl sites for hydroxylation is 1. The molecule has 0 aliphatic carbocycles. The van der Waals surface area contributed by atoms with Crippen molar-refractivity contribution >= 4 is 5.91 Å². The highest BCUT2D eigenvalue weighted by atomic mass is 16.5. The quantitative estimate of drug-likeness (QED) is 0.572. The lowest BCUT2D eigenvalue weighted by molar-refractivity contribution is -0.118. The largest absolute Gasteiger partial charge is 0.508 e. The molecule has 0 radical (unpaired) electrons. The van der Waals surface area contributed by atoms with E-state index in [1.807, 2.05) is 12.1 Å². The van der Waals surface area contributed by atoms with Gasteiger partial charge in [-0.15, -0.1) is 0 Å². The van der Waals surface area contributed by atoms with Crippen molar-refractivity contribution in [1.82, 2.24) is 10.1 Å². The van der Waals surface area contributed by atoms with Crippen LogP contribution in [0, 0.1) is 0 Å². The summed E-state index contributed by atoms with van der Waals surface area (Å²) in [6.07, 6.45) is 1.25. The molecular weight excluding hydrogens is 286 g/mol. The first-order valence-electron chi connectivity index (χ1n) is 6.86. The number of nitrogens with zero attached hydrogens (tertiary/aromatic N) is 2. The minimum Gasteiger partial charge on any atom is -0.508 e. The predicted molar refractivity (Wildman–Crippen MR) is 78.4 cm³/mol. The number of carbonyl (C=O) groups is 1. The zero-order chi connectivity index (χ0) is 16.1. The first-order valence-corrected chi connectivity index (χ1v) is 6.86. The van der Waals surface area contributed by atoms with E-state index in [0.717, 1.165) is 5.56 Å². The van der Waals surface area contributed by atoms with E-state index in [-0.39, 0.29) is 18.1 Å². The van der Waals surface area contributed by atoms with Gasteiger partial charge in [0, 0.05) is 0 Å². The van der Waals surface area contributed by atoms with Crippen LogP contribution in [0.3, 0.4) is 0 Å². The van der Waals surface area contributed by atoms with Crippen molar-refractivity contribution in [2.75, 3.05) is 0 Å². The molecule has 0 unspecified atom stereocenters. The number of phenolic OH excluding ortho intramolecular Hbond substituents is 1. The molecule has 0 saturated carbocycles. The van der Waals surface area contributed by atoms with Gasteiger partial charge in [-0.2, -0.15) is 4.98 Å². The van der Waals surface area contributed by atoms with E-state index in [2.05, 4.69) is 10.1 Å². The second kappa shape index (κ2) is 7.01. The van der Waals surface area contributed by atoms with Crippen LogP contribution in [-0.4, -0.2) is 21.2 Å². The molecule has 2 aromatic rings. The molecule has 1 heterocycles. The van der Waals surface area contributed by atoms with Crippen LogP contribution in [0.15, 0.2) is 28.8 Å². The Labute approximate surface area is 127 Å². The predicted octanol–water partition coefficient (Wildman–Crippen LogP) is 0.283. The molecule has 8 nitrogen and oxygen atoms in total. The van der Waals surface area contributed by atoms with Crippen LogP contribution in [0.5, 0.6) is 5.75 Å². The van der Waals surface area contributed by atoms with E-state index in [9.17, 15) is 9.90 Å². The molecule has 2 atom stereocenters. The summed E-state index contributed by atoms with van der Waals surface area (Å²) in [5.41, 5.74) is 17.9. The van der Waals surface area contributed by atoms with Crippen molar-refractivity contribution in [3.05, 3.63) is 41.5 Å². The number of carbonyl (C=O) groups excluding carboxylic acids is 1. The fourth-order valence-corrected chi connectivity index (χ4v) is 1.97. The van der Waals surface area contributed by atoms with Gasteiger partial charge in [-0.3, -0.25) is 4.79 Å². The van der Waals surface area contributed by atoms with Crippen LogP contribution in [0.2, 0.25) is 0 Å². The van der Waals surface area contributed by atoms with Crippen molar-refractivity contribution in [3.63, 3.8) is 0 Å². The number of aromatic nitrogens is 2. The fourth-order valence-electron chi connectivity index (χ4n) is 1.97. The molecule has 0 saturated heterocycles. The van der Waals surface area contributed by atoms with Gasteiger partial charge in [0.2, 0.25) is 11.8 Å². The number of hydrogen-bond donors (Lipinski definition) is 4. The van der Waals surface area contributed by atoms with E-state index in [0.29, 0.717) is 18.7 Å². The summed E-state index contributed by atoms with van der Waals surface area (Å²) in [6, 6.07) is 5.76. The molecule has 1 amide bonds. The summed E-state index contributed by atoms with van der Waals surface area (Å²) in [4.78, 5) is 14.9. The number of amides is 1. The summed E-state index contributed by atoms with van der Waals surface area (Å²) in [7, 11) is 0. The number of phenols is 1. The fraction of sp³-hybridized carbons (Fsp3) is 0.357. The van der Waals surface area contributed by atoms with Crippen LogP contribution in [0.1, 0.15) is 42.2 Å². The third-order valence-electron chi connectivity index (χ3n) is 3.21. The lowest BCUT2D eigenvalue weighted by Gasteiger charge is -2.07. The highest BCUT2D eigenvalue weighted by Gasteiger charge is 2.20. The lowest BCUT2D eigenvalue weighted by Crippen LogP contribution is -2.21. The van der Waals surface area contributed by atoms with Gasteiger partial charge >= 0.3 is 0 Å². The maximum Gasteiger partial charge on any atom is 0.244 e. The van der Waals surface area contributed by atoms with Gasteiger partial charge in [-0.05, 0) is 30.5 Å². The van der Waals surface area contributed by atoms with Gasteiger partial charge in [-0.1, -0.05) is 17.3 Å².